The van der Waals surface area contributed by atoms with Crippen LogP contribution in [-0.4, -0.2) is 30.4 Å². The van der Waals surface area contributed by atoms with E-state index >= 15 is 0 Å². The van der Waals surface area contributed by atoms with E-state index in [1.54, 1.807) is 24.3 Å². The summed E-state index contributed by atoms with van der Waals surface area (Å²) in [6.45, 7) is -0.0564. The van der Waals surface area contributed by atoms with Gasteiger partial charge in [0, 0.05) is 17.3 Å². The first-order valence-corrected chi connectivity index (χ1v) is 9.09. The predicted molar refractivity (Wildman–Crippen MR) is 83.8 cm³/mol. The first-order valence-electron chi connectivity index (χ1n) is 6.53. The van der Waals surface area contributed by atoms with Crippen LogP contribution in [0.4, 0.5) is 0 Å². The fraction of sp³-hybridized carbons (Fsp3) is 0.308. The third-order valence-electron chi connectivity index (χ3n) is 2.74. The highest BCUT2D eigenvalue weighted by molar-refractivity contribution is 7.90. The van der Waals surface area contributed by atoms with Crippen molar-refractivity contribution in [2.24, 2.45) is 0 Å². The summed E-state index contributed by atoms with van der Waals surface area (Å²) in [5, 5.41) is 9.64. The summed E-state index contributed by atoms with van der Waals surface area (Å²) in [5.74, 6) is -0.382. The van der Waals surface area contributed by atoms with Crippen LogP contribution in [0.5, 0.6) is 0 Å². The molecule has 2 rings (SSSR count). The number of nitrogens with zero attached hydrogens (tertiary/aromatic N) is 2. The minimum absolute atomic E-state index is 0.00241. The monoisotopic (exact) mass is 377 g/mol. The average Bonchev–Trinajstić information content (AvgIpc) is 2.98. The molecule has 0 aliphatic carbocycles. The summed E-state index contributed by atoms with van der Waals surface area (Å²) in [4.78, 5) is 11.3. The summed E-state index contributed by atoms with van der Waals surface area (Å²) < 4.78 is 29.5. The molecule has 0 saturated heterocycles. The van der Waals surface area contributed by atoms with E-state index in [2.05, 4.69) is 15.5 Å². The Morgan fingerprint density at radius 2 is 1.91 bits per heavy atom. The van der Waals surface area contributed by atoms with Gasteiger partial charge in [-0.1, -0.05) is 28.8 Å². The van der Waals surface area contributed by atoms with Crippen LogP contribution in [0.2, 0.25) is 5.02 Å². The lowest BCUT2D eigenvalue weighted by Crippen LogP contribution is -2.22. The molecule has 0 unspecified atom stereocenters. The van der Waals surface area contributed by atoms with Gasteiger partial charge in [-0.25, -0.2) is 8.42 Å². The third kappa shape index (κ3) is 5.19. The summed E-state index contributed by atoms with van der Waals surface area (Å²) >= 11 is 11.2. The molecule has 0 aliphatic rings. The number of benzene rings is 1. The van der Waals surface area contributed by atoms with Crippen molar-refractivity contribution in [3.63, 3.8) is 0 Å². The first-order chi connectivity index (χ1) is 10.9. The van der Waals surface area contributed by atoms with Gasteiger partial charge in [0.15, 0.2) is 0 Å². The number of carbonyl (C=O) groups excluding carboxylic acids is 1. The Kier molecular flexibility index (Phi) is 5.97. The van der Waals surface area contributed by atoms with Crippen molar-refractivity contribution in [1.82, 2.24) is 15.5 Å². The van der Waals surface area contributed by atoms with Crippen LogP contribution in [0.3, 0.4) is 0 Å². The zero-order valence-electron chi connectivity index (χ0n) is 11.8. The second kappa shape index (κ2) is 7.76. The molecule has 124 valence electrons. The van der Waals surface area contributed by atoms with Crippen molar-refractivity contribution in [2.45, 2.75) is 23.9 Å². The molecule has 1 amide bonds. The lowest BCUT2D eigenvalue weighted by molar-refractivity contribution is -0.120. The minimum Gasteiger partial charge on any atom is -0.411 e. The number of aromatic nitrogens is 2. The van der Waals surface area contributed by atoms with E-state index in [1.807, 2.05) is 0 Å². The average molecular weight is 378 g/mol. The molecule has 1 aromatic carbocycles. The molecule has 7 nitrogen and oxygen atoms in total. The number of halogens is 2. The number of nitrogens with one attached hydrogen (secondary N) is 1. The van der Waals surface area contributed by atoms with Gasteiger partial charge >= 0.3 is 5.22 Å². The van der Waals surface area contributed by atoms with Crippen LogP contribution in [0.25, 0.3) is 0 Å². The molecular weight excluding hydrogens is 365 g/mol. The molecule has 0 spiro atoms. The Bertz CT molecular complexity index is 775. The van der Waals surface area contributed by atoms with Crippen molar-refractivity contribution in [3.8, 4) is 0 Å². The lowest BCUT2D eigenvalue weighted by Gasteiger charge is -2.01. The van der Waals surface area contributed by atoms with Gasteiger partial charge < -0.3 is 9.73 Å². The van der Waals surface area contributed by atoms with Crippen molar-refractivity contribution in [3.05, 3.63) is 40.7 Å². The van der Waals surface area contributed by atoms with Gasteiger partial charge in [-0.2, -0.15) is 0 Å². The molecule has 23 heavy (non-hydrogen) atoms. The molecular formula is C13H13Cl2N3O4S. The number of sulfone groups is 1. The molecule has 1 aromatic heterocycles. The topological polar surface area (TPSA) is 102 Å². The van der Waals surface area contributed by atoms with Crippen molar-refractivity contribution >= 4 is 38.9 Å². The molecule has 2 aromatic rings. The van der Waals surface area contributed by atoms with Crippen LogP contribution >= 0.6 is 23.2 Å². The van der Waals surface area contributed by atoms with Gasteiger partial charge in [-0.05, 0) is 17.7 Å². The van der Waals surface area contributed by atoms with Crippen LogP contribution in [0.1, 0.15) is 17.9 Å². The summed E-state index contributed by atoms with van der Waals surface area (Å²) in [6, 6.07) is 6.39. The Balaban J connectivity index is 2.03. The van der Waals surface area contributed by atoms with E-state index in [1.165, 1.54) is 0 Å². The Morgan fingerprint density at radius 1 is 1.22 bits per heavy atom. The highest BCUT2D eigenvalue weighted by Gasteiger charge is 2.23. The Labute approximate surface area is 142 Å². The highest BCUT2D eigenvalue weighted by atomic mass is 35.5. The van der Waals surface area contributed by atoms with E-state index < -0.39 is 15.1 Å². The molecule has 0 atom stereocenters. The molecule has 0 fully saturated rings. The van der Waals surface area contributed by atoms with Crippen molar-refractivity contribution < 1.29 is 17.6 Å². The number of amides is 1. The number of hydrogen-bond acceptors (Lipinski definition) is 6. The van der Waals surface area contributed by atoms with Gasteiger partial charge in [-0.3, -0.25) is 4.79 Å². The Morgan fingerprint density at radius 3 is 2.57 bits per heavy atom. The van der Waals surface area contributed by atoms with E-state index in [0.717, 1.165) is 0 Å². The van der Waals surface area contributed by atoms with Crippen LogP contribution in [0.15, 0.2) is 33.9 Å². The molecule has 1 heterocycles. The summed E-state index contributed by atoms with van der Waals surface area (Å²) in [6.07, 6.45) is 0.150. The fourth-order valence-corrected chi connectivity index (χ4v) is 3.09. The zero-order valence-corrected chi connectivity index (χ0v) is 14.2. The normalized spacial score (nSPS) is 11.4. The molecule has 10 heteroatoms. The van der Waals surface area contributed by atoms with E-state index in [4.69, 9.17) is 27.6 Å². The maximum Gasteiger partial charge on any atom is 0.335 e. The van der Waals surface area contributed by atoms with E-state index in [-0.39, 0.29) is 36.4 Å². The van der Waals surface area contributed by atoms with Crippen LogP contribution < -0.4 is 5.32 Å². The molecule has 0 bridgehead atoms. The molecule has 0 saturated carbocycles. The molecule has 0 radical (unpaired) electrons. The maximum atomic E-state index is 12.2. The highest BCUT2D eigenvalue weighted by Crippen LogP contribution is 2.17. The largest absolute Gasteiger partial charge is 0.411 e. The first kappa shape index (κ1) is 17.7. The van der Waals surface area contributed by atoms with Gasteiger partial charge in [0.25, 0.3) is 0 Å². The quantitative estimate of drug-likeness (QED) is 0.739. The number of rotatable bonds is 7. The SMILES string of the molecule is O=C(CCCl)NCc1nnc(S(=O)(=O)Cc2ccc(Cl)cc2)o1. The predicted octanol–water partition coefficient (Wildman–Crippen LogP) is 1.94. The second-order valence-electron chi connectivity index (χ2n) is 4.56. The Hall–Kier alpha value is -1.64. The lowest BCUT2D eigenvalue weighted by atomic mass is 10.2. The summed E-state index contributed by atoms with van der Waals surface area (Å²) in [7, 11) is -3.77. The van der Waals surface area contributed by atoms with Gasteiger partial charge in [0.1, 0.15) is 0 Å². The third-order valence-corrected chi connectivity index (χ3v) is 4.59. The molecule has 1 N–H and O–H groups in total. The van der Waals surface area contributed by atoms with Gasteiger partial charge in [0.2, 0.25) is 21.6 Å². The van der Waals surface area contributed by atoms with Crippen molar-refractivity contribution in [1.29, 1.82) is 0 Å². The van der Waals surface area contributed by atoms with Gasteiger partial charge in [0.05, 0.1) is 12.3 Å². The summed E-state index contributed by atoms with van der Waals surface area (Å²) in [5.41, 5.74) is 0.546. The minimum atomic E-state index is -3.77. The van der Waals surface area contributed by atoms with Crippen LogP contribution in [0, 0.1) is 0 Å². The molecule has 0 aliphatic heterocycles. The zero-order chi connectivity index (χ0) is 16.9. The maximum absolute atomic E-state index is 12.2. The van der Waals surface area contributed by atoms with E-state index in [9.17, 15) is 13.2 Å². The number of carbonyl (C=O) groups is 1. The number of hydrogen-bond donors (Lipinski definition) is 1. The van der Waals surface area contributed by atoms with Crippen molar-refractivity contribution in [2.75, 3.05) is 5.88 Å². The van der Waals surface area contributed by atoms with Gasteiger partial charge in [-0.15, -0.1) is 16.7 Å². The van der Waals surface area contributed by atoms with Crippen LogP contribution in [-0.2, 0) is 26.9 Å². The smallest absolute Gasteiger partial charge is 0.335 e. The second-order valence-corrected chi connectivity index (χ2v) is 7.24. The van der Waals surface area contributed by atoms with E-state index in [0.29, 0.717) is 10.6 Å². The fourth-order valence-electron chi connectivity index (χ4n) is 1.65. The number of alkyl halides is 1. The standard InChI is InChI=1S/C13H13Cl2N3O4S/c14-6-5-11(19)16-7-12-17-18-13(22-12)23(20,21)8-9-1-3-10(15)4-2-9/h1-4H,5-8H2,(H,16,19).